The molecule has 2 N–H and O–H groups in total. The second kappa shape index (κ2) is 8.22. The number of carbonyl (C=O) groups is 1. The van der Waals surface area contributed by atoms with Gasteiger partial charge in [-0.05, 0) is 24.3 Å². The number of rotatable bonds is 5. The monoisotopic (exact) mass is 387 g/mol. The first-order valence-corrected chi connectivity index (χ1v) is 8.86. The molecule has 0 saturated heterocycles. The van der Waals surface area contributed by atoms with Crippen LogP contribution >= 0.6 is 0 Å². The number of benzene rings is 1. The molecule has 0 saturated carbocycles. The van der Waals surface area contributed by atoms with E-state index >= 15 is 0 Å². The van der Waals surface area contributed by atoms with Crippen LogP contribution in [0.2, 0.25) is 0 Å². The van der Waals surface area contributed by atoms with Crippen molar-refractivity contribution in [2.24, 2.45) is 0 Å². The van der Waals surface area contributed by atoms with Gasteiger partial charge in [0.1, 0.15) is 6.61 Å². The minimum Gasteiger partial charge on any atom is -0.444 e. The first kappa shape index (κ1) is 18.2. The summed E-state index contributed by atoms with van der Waals surface area (Å²) in [7, 11) is 0. The molecule has 0 aliphatic rings. The molecular weight excluding hydrogens is 370 g/mol. The van der Waals surface area contributed by atoms with E-state index in [0.717, 1.165) is 5.56 Å². The molecule has 0 spiro atoms. The van der Waals surface area contributed by atoms with Gasteiger partial charge < -0.3 is 4.74 Å². The lowest BCUT2D eigenvalue weighted by atomic mass is 10.2. The van der Waals surface area contributed by atoms with Crippen LogP contribution in [-0.2, 0) is 11.3 Å². The topological polar surface area (TPSA) is 102 Å². The largest absolute Gasteiger partial charge is 0.444 e. The van der Waals surface area contributed by atoms with Crippen LogP contribution in [0, 0.1) is 0 Å². The smallest absolute Gasteiger partial charge is 0.411 e. The van der Waals surface area contributed by atoms with Crippen molar-refractivity contribution in [2.45, 2.75) is 6.61 Å². The summed E-state index contributed by atoms with van der Waals surface area (Å²) in [6, 6.07) is 16.0. The number of nitrogens with one attached hydrogen (secondary N) is 2. The summed E-state index contributed by atoms with van der Waals surface area (Å²) < 4.78 is 6.53. The highest BCUT2D eigenvalue weighted by atomic mass is 16.5. The molecule has 8 nitrogen and oxygen atoms in total. The molecule has 0 aliphatic heterocycles. The number of amides is 1. The van der Waals surface area contributed by atoms with E-state index in [1.165, 1.54) is 4.68 Å². The van der Waals surface area contributed by atoms with E-state index in [1.807, 2.05) is 24.3 Å². The van der Waals surface area contributed by atoms with Crippen LogP contribution in [0.5, 0.6) is 0 Å². The third-order valence-corrected chi connectivity index (χ3v) is 4.17. The normalized spacial score (nSPS) is 10.5. The molecule has 0 aliphatic carbocycles. The Hall–Kier alpha value is -4.20. The summed E-state index contributed by atoms with van der Waals surface area (Å²) in [6.45, 7) is 0.0620. The van der Waals surface area contributed by atoms with Crippen LogP contribution in [0.25, 0.3) is 16.9 Å². The number of para-hydroxylation sites is 1. The highest BCUT2D eigenvalue weighted by molar-refractivity contribution is 5.84. The standard InChI is InChI=1S/C21H17N5O3/c27-20-18(16-5-4-10-22-12-16)13-24-26(20)19-9-8-15(11-23-19)14-29-21(28)25-17-6-2-1-3-7-17/h1-13,24H,14H2,(H,25,28). The third kappa shape index (κ3) is 4.22. The maximum atomic E-state index is 12.6. The van der Waals surface area contributed by atoms with Crippen molar-refractivity contribution in [1.29, 1.82) is 0 Å². The van der Waals surface area contributed by atoms with E-state index in [9.17, 15) is 9.59 Å². The van der Waals surface area contributed by atoms with Crippen molar-refractivity contribution in [2.75, 3.05) is 5.32 Å². The van der Waals surface area contributed by atoms with Crippen LogP contribution in [0.4, 0.5) is 10.5 Å². The van der Waals surface area contributed by atoms with Gasteiger partial charge in [-0.3, -0.25) is 20.2 Å². The van der Waals surface area contributed by atoms with Gasteiger partial charge in [-0.15, -0.1) is 0 Å². The fraction of sp³-hybridized carbons (Fsp3) is 0.0476. The number of aromatic amines is 1. The maximum Gasteiger partial charge on any atom is 0.411 e. The van der Waals surface area contributed by atoms with Gasteiger partial charge in [-0.25, -0.2) is 14.5 Å². The van der Waals surface area contributed by atoms with E-state index in [4.69, 9.17) is 4.74 Å². The molecule has 0 bridgehead atoms. The Morgan fingerprint density at radius 1 is 1.07 bits per heavy atom. The highest BCUT2D eigenvalue weighted by Crippen LogP contribution is 2.14. The fourth-order valence-corrected chi connectivity index (χ4v) is 2.73. The Balaban J connectivity index is 1.41. The summed E-state index contributed by atoms with van der Waals surface area (Å²) >= 11 is 0. The lowest BCUT2D eigenvalue weighted by molar-refractivity contribution is 0.155. The van der Waals surface area contributed by atoms with Gasteiger partial charge in [0.05, 0.1) is 5.56 Å². The van der Waals surface area contributed by atoms with Crippen molar-refractivity contribution in [3.8, 4) is 16.9 Å². The summed E-state index contributed by atoms with van der Waals surface area (Å²) in [5.41, 5.74) is 2.36. The minimum atomic E-state index is -0.554. The molecule has 0 radical (unpaired) electrons. The molecule has 144 valence electrons. The Morgan fingerprint density at radius 3 is 2.66 bits per heavy atom. The van der Waals surface area contributed by atoms with E-state index in [2.05, 4.69) is 20.4 Å². The van der Waals surface area contributed by atoms with Crippen LogP contribution in [-0.4, -0.2) is 25.8 Å². The number of hydrogen-bond acceptors (Lipinski definition) is 5. The van der Waals surface area contributed by atoms with Gasteiger partial charge in [0.15, 0.2) is 5.82 Å². The Bertz CT molecular complexity index is 1150. The zero-order valence-electron chi connectivity index (χ0n) is 15.3. The average Bonchev–Trinajstić information content (AvgIpc) is 3.15. The quantitative estimate of drug-likeness (QED) is 0.547. The van der Waals surface area contributed by atoms with E-state index in [-0.39, 0.29) is 12.2 Å². The number of anilines is 1. The first-order chi connectivity index (χ1) is 14.2. The Morgan fingerprint density at radius 2 is 1.93 bits per heavy atom. The van der Waals surface area contributed by atoms with Crippen LogP contribution in [0.1, 0.15) is 5.56 Å². The molecule has 4 aromatic rings. The fourth-order valence-electron chi connectivity index (χ4n) is 2.73. The SMILES string of the molecule is O=C(Nc1ccccc1)OCc1ccc(-n2[nH]cc(-c3cccnc3)c2=O)nc1. The Kier molecular flexibility index (Phi) is 5.15. The molecule has 29 heavy (non-hydrogen) atoms. The number of carbonyl (C=O) groups excluding carboxylic acids is 1. The van der Waals surface area contributed by atoms with Crippen molar-refractivity contribution in [3.63, 3.8) is 0 Å². The number of nitrogens with zero attached hydrogens (tertiary/aromatic N) is 3. The number of H-pyrrole nitrogens is 1. The predicted molar refractivity (Wildman–Crippen MR) is 108 cm³/mol. The van der Waals surface area contributed by atoms with Crippen LogP contribution in [0.3, 0.4) is 0 Å². The van der Waals surface area contributed by atoms with Crippen LogP contribution < -0.4 is 10.9 Å². The van der Waals surface area contributed by atoms with Gasteiger partial charge in [-0.1, -0.05) is 30.3 Å². The molecule has 8 heteroatoms. The maximum absolute atomic E-state index is 12.6. The van der Waals surface area contributed by atoms with Gasteiger partial charge in [0.2, 0.25) is 0 Å². The van der Waals surface area contributed by atoms with Crippen molar-refractivity contribution in [3.05, 3.63) is 95.3 Å². The molecular formula is C21H17N5O3. The van der Waals surface area contributed by atoms with Crippen molar-refractivity contribution >= 4 is 11.8 Å². The van der Waals surface area contributed by atoms with E-state index in [0.29, 0.717) is 22.6 Å². The molecule has 1 aromatic carbocycles. The molecule has 3 heterocycles. The number of ether oxygens (including phenoxy) is 1. The second-order valence-corrected chi connectivity index (χ2v) is 6.16. The number of pyridine rings is 2. The second-order valence-electron chi connectivity index (χ2n) is 6.16. The lowest BCUT2D eigenvalue weighted by Crippen LogP contribution is -2.17. The van der Waals surface area contributed by atoms with Gasteiger partial charge >= 0.3 is 6.09 Å². The summed E-state index contributed by atoms with van der Waals surface area (Å²) in [4.78, 5) is 32.8. The van der Waals surface area contributed by atoms with Crippen LogP contribution in [0.15, 0.2) is 84.2 Å². The number of aromatic nitrogens is 4. The molecule has 0 unspecified atom stereocenters. The summed E-state index contributed by atoms with van der Waals surface area (Å²) in [6.07, 6.45) is 5.90. The van der Waals surface area contributed by atoms with Crippen molar-refractivity contribution < 1.29 is 9.53 Å². The zero-order valence-corrected chi connectivity index (χ0v) is 15.3. The van der Waals surface area contributed by atoms with Gasteiger partial charge in [0, 0.05) is 41.6 Å². The summed E-state index contributed by atoms with van der Waals surface area (Å²) in [5.74, 6) is 0.433. The first-order valence-electron chi connectivity index (χ1n) is 8.86. The molecule has 4 rings (SSSR count). The van der Waals surface area contributed by atoms with Gasteiger partial charge in [0.25, 0.3) is 5.56 Å². The van der Waals surface area contributed by atoms with Gasteiger partial charge in [-0.2, -0.15) is 0 Å². The predicted octanol–water partition coefficient (Wildman–Crippen LogP) is 3.37. The molecule has 0 fully saturated rings. The van der Waals surface area contributed by atoms with E-state index in [1.54, 1.807) is 55.1 Å². The molecule has 0 atom stereocenters. The zero-order chi connectivity index (χ0) is 20.1. The average molecular weight is 387 g/mol. The molecule has 1 amide bonds. The molecule has 3 aromatic heterocycles. The number of hydrogen-bond donors (Lipinski definition) is 2. The highest BCUT2D eigenvalue weighted by Gasteiger charge is 2.11. The minimum absolute atomic E-state index is 0.0620. The third-order valence-electron chi connectivity index (χ3n) is 4.17. The lowest BCUT2D eigenvalue weighted by Gasteiger charge is -2.07. The van der Waals surface area contributed by atoms with E-state index < -0.39 is 6.09 Å². The van der Waals surface area contributed by atoms with Crippen molar-refractivity contribution in [1.82, 2.24) is 19.7 Å². The summed E-state index contributed by atoms with van der Waals surface area (Å²) in [5, 5.41) is 5.54. The Labute approximate surface area is 165 Å².